The molecule has 1 rings (SSSR count). The molecule has 10 heteroatoms. The van der Waals surface area contributed by atoms with Crippen LogP contribution < -0.4 is 0 Å². The molecular weight excluding hydrogens is 355 g/mol. The van der Waals surface area contributed by atoms with Gasteiger partial charge in [-0.15, -0.1) is 0 Å². The van der Waals surface area contributed by atoms with Crippen molar-refractivity contribution >= 4 is 0 Å². The van der Waals surface area contributed by atoms with Gasteiger partial charge in [0.05, 0.1) is 6.10 Å². The number of benzene rings is 1. The summed E-state index contributed by atoms with van der Waals surface area (Å²) in [4.78, 5) is 0. The molecule has 0 radical (unpaired) electrons. The third kappa shape index (κ3) is 3.33. The lowest BCUT2D eigenvalue weighted by atomic mass is 9.95. The van der Waals surface area contributed by atoms with Crippen molar-refractivity contribution in [1.82, 2.24) is 0 Å². The second kappa shape index (κ2) is 6.45. The largest absolute Gasteiger partial charge is 0.460 e. The Morgan fingerprint density at radius 1 is 0.833 bits per heavy atom. The molecule has 0 heterocycles. The molecule has 1 atom stereocenters. The van der Waals surface area contributed by atoms with Crippen molar-refractivity contribution in [2.75, 3.05) is 0 Å². The maximum Gasteiger partial charge on any atom is 0.460 e. The van der Waals surface area contributed by atoms with Crippen molar-refractivity contribution in [2.45, 2.75) is 49.8 Å². The molecule has 0 bridgehead atoms. The normalized spacial score (nSPS) is 15.5. The predicted octanol–water partition coefficient (Wildman–Crippen LogP) is 5.44. The Labute approximate surface area is 131 Å². The summed E-state index contributed by atoms with van der Waals surface area (Å²) in [5, 5.41) is 9.61. The van der Waals surface area contributed by atoms with Crippen LogP contribution in [0, 0.1) is 0 Å². The molecule has 1 nitrogen and oxygen atoms in total. The van der Waals surface area contributed by atoms with Gasteiger partial charge in [-0.25, -0.2) is 0 Å². The molecule has 0 spiro atoms. The van der Waals surface area contributed by atoms with Gasteiger partial charge < -0.3 is 5.11 Å². The molecule has 1 aromatic carbocycles. The van der Waals surface area contributed by atoms with E-state index in [9.17, 15) is 44.6 Å². The molecule has 0 aromatic heterocycles. The Morgan fingerprint density at radius 3 is 1.67 bits per heavy atom. The highest BCUT2D eigenvalue weighted by molar-refractivity contribution is 5.29. The van der Waals surface area contributed by atoms with Crippen molar-refractivity contribution in [3.63, 3.8) is 0 Å². The topological polar surface area (TPSA) is 20.2 Å². The standard InChI is InChI=1S/C14H13F9O/c1-2-3-10(24)8-4-6-9(7-5-8)11(15,16)12(17,18)13(19,20)14(21,22)23/h4-7,10,24H,2-3H2,1H3. The number of alkyl halides is 9. The molecule has 24 heavy (non-hydrogen) atoms. The third-order valence-corrected chi connectivity index (χ3v) is 3.36. The summed E-state index contributed by atoms with van der Waals surface area (Å²) in [5.41, 5.74) is -1.67. The number of hydrogen-bond donors (Lipinski definition) is 1. The van der Waals surface area contributed by atoms with Crippen LogP contribution in [0.3, 0.4) is 0 Å². The van der Waals surface area contributed by atoms with Gasteiger partial charge in [-0.1, -0.05) is 37.6 Å². The van der Waals surface area contributed by atoms with Gasteiger partial charge in [-0.3, -0.25) is 0 Å². The number of rotatable bonds is 6. The zero-order chi connectivity index (χ0) is 19.0. The monoisotopic (exact) mass is 368 g/mol. The summed E-state index contributed by atoms with van der Waals surface area (Å²) >= 11 is 0. The van der Waals surface area contributed by atoms with Gasteiger partial charge in [0.15, 0.2) is 0 Å². The zero-order valence-corrected chi connectivity index (χ0v) is 12.1. The molecule has 138 valence electrons. The average Bonchev–Trinajstić information content (AvgIpc) is 2.46. The van der Waals surface area contributed by atoms with Crippen molar-refractivity contribution in [3.05, 3.63) is 35.4 Å². The Kier molecular flexibility index (Phi) is 5.54. The van der Waals surface area contributed by atoms with Crippen LogP contribution in [0.5, 0.6) is 0 Å². The Bertz CT molecular complexity index is 548. The lowest BCUT2D eigenvalue weighted by molar-refractivity contribution is -0.399. The molecular formula is C14H13F9O. The molecule has 1 aromatic rings. The second-order valence-electron chi connectivity index (χ2n) is 5.15. The van der Waals surface area contributed by atoms with Crippen LogP contribution >= 0.6 is 0 Å². The molecule has 0 saturated heterocycles. The van der Waals surface area contributed by atoms with Crippen LogP contribution in [0.2, 0.25) is 0 Å². The van der Waals surface area contributed by atoms with Crippen molar-refractivity contribution < 1.29 is 44.6 Å². The summed E-state index contributed by atoms with van der Waals surface area (Å²) in [6.07, 6.45) is -7.22. The molecule has 0 aliphatic carbocycles. The van der Waals surface area contributed by atoms with E-state index in [0.717, 1.165) is 12.1 Å². The van der Waals surface area contributed by atoms with E-state index >= 15 is 0 Å². The van der Waals surface area contributed by atoms with Gasteiger partial charge in [-0.05, 0) is 12.0 Å². The molecule has 0 saturated carbocycles. The second-order valence-corrected chi connectivity index (χ2v) is 5.15. The van der Waals surface area contributed by atoms with E-state index in [1.54, 1.807) is 6.92 Å². The third-order valence-electron chi connectivity index (χ3n) is 3.36. The van der Waals surface area contributed by atoms with E-state index in [0.29, 0.717) is 6.42 Å². The summed E-state index contributed by atoms with van der Waals surface area (Å²) in [6, 6.07) is 2.11. The fourth-order valence-corrected chi connectivity index (χ4v) is 1.91. The van der Waals surface area contributed by atoms with Crippen molar-refractivity contribution in [1.29, 1.82) is 0 Å². The average molecular weight is 368 g/mol. The van der Waals surface area contributed by atoms with Crippen molar-refractivity contribution in [2.24, 2.45) is 0 Å². The van der Waals surface area contributed by atoms with E-state index < -0.39 is 35.6 Å². The Morgan fingerprint density at radius 2 is 1.29 bits per heavy atom. The Hall–Kier alpha value is -1.45. The first kappa shape index (κ1) is 20.6. The smallest absolute Gasteiger partial charge is 0.388 e. The quantitative estimate of drug-likeness (QED) is 0.663. The summed E-state index contributed by atoms with van der Waals surface area (Å²) < 4.78 is 116. The fourth-order valence-electron chi connectivity index (χ4n) is 1.91. The van der Waals surface area contributed by atoms with Crippen LogP contribution in [0.25, 0.3) is 0 Å². The highest BCUT2D eigenvalue weighted by atomic mass is 19.4. The summed E-state index contributed by atoms with van der Waals surface area (Å²) in [7, 11) is 0. The van der Waals surface area contributed by atoms with E-state index in [-0.39, 0.29) is 24.1 Å². The molecule has 0 aliphatic rings. The number of aliphatic hydroxyl groups is 1. The lowest BCUT2D eigenvalue weighted by Crippen LogP contribution is -2.59. The van der Waals surface area contributed by atoms with Crippen LogP contribution in [0.1, 0.15) is 37.0 Å². The first-order chi connectivity index (χ1) is 10.7. The molecule has 0 aliphatic heterocycles. The summed E-state index contributed by atoms with van der Waals surface area (Å²) in [5.74, 6) is -19.4. The molecule has 0 amide bonds. The van der Waals surface area contributed by atoms with E-state index in [4.69, 9.17) is 0 Å². The minimum absolute atomic E-state index is 0.0438. The first-order valence-electron chi connectivity index (χ1n) is 6.68. The zero-order valence-electron chi connectivity index (χ0n) is 12.1. The van der Waals surface area contributed by atoms with Gasteiger partial charge in [0.1, 0.15) is 0 Å². The lowest BCUT2D eigenvalue weighted by Gasteiger charge is -2.33. The summed E-state index contributed by atoms with van der Waals surface area (Å²) in [6.45, 7) is 1.70. The van der Waals surface area contributed by atoms with Gasteiger partial charge in [-0.2, -0.15) is 39.5 Å². The maximum atomic E-state index is 13.6. The van der Waals surface area contributed by atoms with Crippen LogP contribution in [-0.4, -0.2) is 23.1 Å². The van der Waals surface area contributed by atoms with Crippen molar-refractivity contribution in [3.8, 4) is 0 Å². The van der Waals surface area contributed by atoms with Gasteiger partial charge in [0.25, 0.3) is 0 Å². The SMILES string of the molecule is CCCC(O)c1ccc(C(F)(F)C(F)(F)C(F)(F)C(F)(F)F)cc1. The number of aliphatic hydroxyl groups excluding tert-OH is 1. The number of halogens is 9. The number of hydrogen-bond acceptors (Lipinski definition) is 1. The minimum Gasteiger partial charge on any atom is -0.388 e. The molecule has 1 unspecified atom stereocenters. The van der Waals surface area contributed by atoms with E-state index in [1.807, 2.05) is 0 Å². The first-order valence-corrected chi connectivity index (χ1v) is 6.68. The Balaban J connectivity index is 3.24. The van der Waals surface area contributed by atoms with Crippen LogP contribution in [0.15, 0.2) is 24.3 Å². The highest BCUT2D eigenvalue weighted by Gasteiger charge is 2.81. The minimum atomic E-state index is -6.93. The maximum absolute atomic E-state index is 13.6. The predicted molar refractivity (Wildman–Crippen MR) is 66.2 cm³/mol. The van der Waals surface area contributed by atoms with E-state index in [2.05, 4.69) is 0 Å². The molecule has 1 N–H and O–H groups in total. The van der Waals surface area contributed by atoms with E-state index in [1.165, 1.54) is 0 Å². The van der Waals surface area contributed by atoms with Gasteiger partial charge in [0, 0.05) is 5.56 Å². The fraction of sp³-hybridized carbons (Fsp3) is 0.571. The molecule has 0 fully saturated rings. The van der Waals surface area contributed by atoms with Crippen LogP contribution in [0.4, 0.5) is 39.5 Å². The van der Waals surface area contributed by atoms with Gasteiger partial charge >= 0.3 is 23.9 Å². The highest BCUT2D eigenvalue weighted by Crippen LogP contribution is 2.56. The van der Waals surface area contributed by atoms with Crippen LogP contribution in [-0.2, 0) is 5.92 Å². The van der Waals surface area contributed by atoms with Gasteiger partial charge in [0.2, 0.25) is 0 Å².